The number of hydrogen-bond donors (Lipinski definition) is 1. The predicted molar refractivity (Wildman–Crippen MR) is 122 cm³/mol. The minimum atomic E-state index is -0.392. The van der Waals surface area contributed by atoms with Gasteiger partial charge in [0.1, 0.15) is 0 Å². The number of benzene rings is 2. The molecule has 8 nitrogen and oxygen atoms in total. The molecule has 3 heterocycles. The Hall–Kier alpha value is -4.59. The lowest BCUT2D eigenvalue weighted by atomic mass is 10.1. The number of fused-ring (bicyclic) bond motifs is 1. The Kier molecular flexibility index (Phi) is 5.47. The number of nitrogens with one attached hydrogen (secondary N) is 1. The monoisotopic (exact) mass is 437 g/mol. The highest BCUT2D eigenvalue weighted by molar-refractivity contribution is 5.93. The third kappa shape index (κ3) is 4.27. The number of amides is 1. The molecule has 0 atom stereocenters. The van der Waals surface area contributed by atoms with Crippen LogP contribution in [0, 0.1) is 0 Å². The molecule has 0 saturated carbocycles. The average molecular weight is 437 g/mol. The van der Waals surface area contributed by atoms with Crippen molar-refractivity contribution in [1.29, 1.82) is 0 Å². The summed E-state index contributed by atoms with van der Waals surface area (Å²) >= 11 is 0. The molecule has 33 heavy (non-hydrogen) atoms. The van der Waals surface area contributed by atoms with Gasteiger partial charge < -0.3 is 9.84 Å². The van der Waals surface area contributed by atoms with E-state index in [0.29, 0.717) is 22.2 Å². The van der Waals surface area contributed by atoms with Gasteiger partial charge in [0.25, 0.3) is 11.5 Å². The molecule has 162 valence electrons. The quantitative estimate of drug-likeness (QED) is 0.437. The van der Waals surface area contributed by atoms with Crippen LogP contribution in [0.1, 0.15) is 21.7 Å². The Bertz CT molecular complexity index is 1480. The summed E-state index contributed by atoms with van der Waals surface area (Å²) in [6.07, 6.45) is 3.37. The zero-order valence-corrected chi connectivity index (χ0v) is 17.5. The summed E-state index contributed by atoms with van der Waals surface area (Å²) in [5, 5.41) is 12.5. The van der Waals surface area contributed by atoms with E-state index in [1.165, 1.54) is 4.68 Å². The lowest BCUT2D eigenvalue weighted by molar-refractivity contribution is 0.0941. The first-order valence-corrected chi connectivity index (χ1v) is 10.4. The molecule has 0 unspecified atom stereocenters. The number of rotatable bonds is 6. The van der Waals surface area contributed by atoms with Gasteiger partial charge in [-0.05, 0) is 17.7 Å². The maximum absolute atomic E-state index is 13.0. The molecular formula is C25H19N5O3. The van der Waals surface area contributed by atoms with Crippen LogP contribution < -0.4 is 10.9 Å². The standard InChI is InChI=1S/C25H19N5O3/c31-24(21-13-23(33-29-21)18-8-2-1-3-9-18)27-15-22-19-10-4-5-11-20(19)25(32)30(28-22)16-17-7-6-12-26-14-17/h1-14H,15-16H2,(H,27,31). The van der Waals surface area contributed by atoms with Crippen LogP contribution in [-0.2, 0) is 13.1 Å². The molecule has 0 aliphatic heterocycles. The summed E-state index contributed by atoms with van der Waals surface area (Å²) in [7, 11) is 0. The number of nitrogens with zero attached hydrogens (tertiary/aromatic N) is 4. The van der Waals surface area contributed by atoms with Crippen LogP contribution in [0.25, 0.3) is 22.1 Å². The molecule has 8 heteroatoms. The Morgan fingerprint density at radius 1 is 0.970 bits per heavy atom. The van der Waals surface area contributed by atoms with Crippen molar-refractivity contribution in [1.82, 2.24) is 25.2 Å². The molecule has 5 aromatic rings. The molecule has 0 aliphatic carbocycles. The number of aromatic nitrogens is 4. The molecular weight excluding hydrogens is 418 g/mol. The van der Waals surface area contributed by atoms with Crippen LogP contribution in [0.3, 0.4) is 0 Å². The van der Waals surface area contributed by atoms with E-state index in [1.807, 2.05) is 54.6 Å². The van der Waals surface area contributed by atoms with E-state index in [-0.39, 0.29) is 24.3 Å². The topological polar surface area (TPSA) is 103 Å². The van der Waals surface area contributed by atoms with Gasteiger partial charge >= 0.3 is 0 Å². The summed E-state index contributed by atoms with van der Waals surface area (Å²) in [4.78, 5) is 29.8. The zero-order valence-electron chi connectivity index (χ0n) is 17.5. The van der Waals surface area contributed by atoms with Gasteiger partial charge in [-0.3, -0.25) is 14.6 Å². The molecule has 0 saturated heterocycles. The molecule has 0 radical (unpaired) electrons. The van der Waals surface area contributed by atoms with Crippen molar-refractivity contribution < 1.29 is 9.32 Å². The van der Waals surface area contributed by atoms with E-state index < -0.39 is 5.91 Å². The van der Waals surface area contributed by atoms with Crippen LogP contribution in [0.2, 0.25) is 0 Å². The Labute approximate surface area is 188 Å². The van der Waals surface area contributed by atoms with Crippen molar-refractivity contribution in [3.63, 3.8) is 0 Å². The molecule has 0 bridgehead atoms. The van der Waals surface area contributed by atoms with E-state index >= 15 is 0 Å². The van der Waals surface area contributed by atoms with Gasteiger partial charge in [0, 0.05) is 29.4 Å². The van der Waals surface area contributed by atoms with Gasteiger partial charge in [0.2, 0.25) is 0 Å². The first-order valence-electron chi connectivity index (χ1n) is 10.4. The van der Waals surface area contributed by atoms with Gasteiger partial charge in [-0.2, -0.15) is 5.10 Å². The highest BCUT2D eigenvalue weighted by atomic mass is 16.5. The highest BCUT2D eigenvalue weighted by Gasteiger charge is 2.16. The molecule has 0 fully saturated rings. The molecule has 0 spiro atoms. The van der Waals surface area contributed by atoms with Crippen LogP contribution in [0.5, 0.6) is 0 Å². The molecule has 5 rings (SSSR count). The second-order valence-corrected chi connectivity index (χ2v) is 7.44. The maximum Gasteiger partial charge on any atom is 0.274 e. The predicted octanol–water partition coefficient (Wildman–Crippen LogP) is 3.42. The molecule has 3 aromatic heterocycles. The van der Waals surface area contributed by atoms with Gasteiger partial charge in [-0.25, -0.2) is 4.68 Å². The summed E-state index contributed by atoms with van der Waals surface area (Å²) in [5.41, 5.74) is 2.23. The largest absolute Gasteiger partial charge is 0.355 e. The third-order valence-corrected chi connectivity index (χ3v) is 5.22. The number of carbonyl (C=O) groups is 1. The van der Waals surface area contributed by atoms with E-state index in [4.69, 9.17) is 4.52 Å². The van der Waals surface area contributed by atoms with E-state index in [0.717, 1.165) is 11.1 Å². The number of carbonyl (C=O) groups excluding carboxylic acids is 1. The van der Waals surface area contributed by atoms with Crippen molar-refractivity contribution in [3.05, 3.63) is 112 Å². The van der Waals surface area contributed by atoms with E-state index in [1.54, 1.807) is 30.6 Å². The molecule has 2 aromatic carbocycles. The lowest BCUT2D eigenvalue weighted by Crippen LogP contribution is -2.29. The third-order valence-electron chi connectivity index (χ3n) is 5.22. The first-order chi connectivity index (χ1) is 16.2. The normalized spacial score (nSPS) is 10.9. The fraction of sp³-hybridized carbons (Fsp3) is 0.0800. The Morgan fingerprint density at radius 3 is 2.55 bits per heavy atom. The molecule has 0 aliphatic rings. The van der Waals surface area contributed by atoms with Crippen LogP contribution in [-0.4, -0.2) is 25.8 Å². The minimum absolute atomic E-state index is 0.125. The van der Waals surface area contributed by atoms with Crippen molar-refractivity contribution in [2.24, 2.45) is 0 Å². The average Bonchev–Trinajstić information content (AvgIpc) is 3.37. The van der Waals surface area contributed by atoms with Gasteiger partial charge in [0.15, 0.2) is 11.5 Å². The van der Waals surface area contributed by atoms with Crippen LogP contribution >= 0.6 is 0 Å². The summed E-state index contributed by atoms with van der Waals surface area (Å²) in [6, 6.07) is 21.9. The van der Waals surface area contributed by atoms with Crippen molar-refractivity contribution in [2.75, 3.05) is 0 Å². The fourth-order valence-corrected chi connectivity index (χ4v) is 3.58. The van der Waals surface area contributed by atoms with Crippen molar-refractivity contribution in [3.8, 4) is 11.3 Å². The number of hydrogen-bond acceptors (Lipinski definition) is 6. The lowest BCUT2D eigenvalue weighted by Gasteiger charge is -2.11. The number of pyridine rings is 1. The molecule has 1 N–H and O–H groups in total. The molecule has 1 amide bonds. The maximum atomic E-state index is 13.0. The van der Waals surface area contributed by atoms with Crippen molar-refractivity contribution in [2.45, 2.75) is 13.1 Å². The SMILES string of the molecule is O=C(NCc1nn(Cc2cccnc2)c(=O)c2ccccc12)c1cc(-c2ccccc2)on1. The second-order valence-electron chi connectivity index (χ2n) is 7.44. The van der Waals surface area contributed by atoms with Crippen LogP contribution in [0.15, 0.2) is 94.5 Å². The van der Waals surface area contributed by atoms with Gasteiger partial charge in [-0.1, -0.05) is 59.8 Å². The summed E-state index contributed by atoms with van der Waals surface area (Å²) < 4.78 is 6.71. The summed E-state index contributed by atoms with van der Waals surface area (Å²) in [5.74, 6) is 0.117. The second kappa shape index (κ2) is 8.88. The minimum Gasteiger partial charge on any atom is -0.355 e. The first kappa shape index (κ1) is 20.3. The zero-order chi connectivity index (χ0) is 22.6. The Morgan fingerprint density at radius 2 is 1.76 bits per heavy atom. The Balaban J connectivity index is 1.40. The van der Waals surface area contributed by atoms with Gasteiger partial charge in [-0.15, -0.1) is 0 Å². The van der Waals surface area contributed by atoms with Crippen molar-refractivity contribution >= 4 is 16.7 Å². The van der Waals surface area contributed by atoms with Crippen LogP contribution in [0.4, 0.5) is 0 Å². The van der Waals surface area contributed by atoms with Gasteiger partial charge in [0.05, 0.1) is 24.2 Å². The fourth-order valence-electron chi connectivity index (χ4n) is 3.58. The van der Waals surface area contributed by atoms with E-state index in [9.17, 15) is 9.59 Å². The summed E-state index contributed by atoms with van der Waals surface area (Å²) in [6.45, 7) is 0.405. The van der Waals surface area contributed by atoms with E-state index in [2.05, 4.69) is 20.6 Å². The highest BCUT2D eigenvalue weighted by Crippen LogP contribution is 2.20. The smallest absolute Gasteiger partial charge is 0.274 e.